The third kappa shape index (κ3) is 2.22. The van der Waals surface area contributed by atoms with Gasteiger partial charge in [-0.15, -0.1) is 0 Å². The Bertz CT molecular complexity index is 679. The van der Waals surface area contributed by atoms with Gasteiger partial charge in [0.05, 0.1) is 17.7 Å². The lowest BCUT2D eigenvalue weighted by Crippen LogP contribution is -2.41. The number of nitrogens with zero attached hydrogens (tertiary/aromatic N) is 3. The number of halogens is 1. The van der Waals surface area contributed by atoms with Crippen LogP contribution in [0, 0.1) is 6.92 Å². The van der Waals surface area contributed by atoms with Crippen molar-refractivity contribution in [3.05, 3.63) is 33.5 Å². The molecule has 1 aliphatic heterocycles. The summed E-state index contributed by atoms with van der Waals surface area (Å²) in [5.41, 5.74) is 0.520. The highest BCUT2D eigenvalue weighted by Crippen LogP contribution is 2.17. The molecule has 1 aliphatic rings. The van der Waals surface area contributed by atoms with E-state index in [-0.39, 0.29) is 11.8 Å². The Morgan fingerprint density at radius 2 is 2.37 bits per heavy atom. The molecule has 1 fully saturated rings. The van der Waals surface area contributed by atoms with Crippen LogP contribution in [0.5, 0.6) is 0 Å². The molecule has 2 aromatic rings. The number of pyridine rings is 1. The fraction of sp³-hybridized carbons (Fsp3) is 0.417. The predicted molar refractivity (Wildman–Crippen MR) is 71.4 cm³/mol. The second-order valence-electron chi connectivity index (χ2n) is 4.42. The molecule has 1 N–H and O–H groups in total. The van der Waals surface area contributed by atoms with Gasteiger partial charge < -0.3 is 10.1 Å². The van der Waals surface area contributed by atoms with E-state index in [1.807, 2.05) is 6.92 Å². The van der Waals surface area contributed by atoms with Crippen molar-refractivity contribution in [2.75, 3.05) is 19.7 Å². The standard InChI is InChI=1S/C12H13ClN4O2/c1-7-9-5-15-10(13)4-8(9)12(18)17(16-7)11-6-14-2-3-19-11/h4-5,11,14H,2-3,6H2,1H3. The quantitative estimate of drug-likeness (QED) is 0.785. The molecule has 0 bridgehead atoms. The molecule has 19 heavy (non-hydrogen) atoms. The van der Waals surface area contributed by atoms with Gasteiger partial charge in [-0.25, -0.2) is 4.98 Å². The van der Waals surface area contributed by atoms with Crippen molar-refractivity contribution < 1.29 is 4.74 Å². The Morgan fingerprint density at radius 3 is 3.11 bits per heavy atom. The molecular formula is C12H13ClN4O2. The van der Waals surface area contributed by atoms with E-state index in [4.69, 9.17) is 16.3 Å². The van der Waals surface area contributed by atoms with Gasteiger partial charge >= 0.3 is 0 Å². The average molecular weight is 281 g/mol. The summed E-state index contributed by atoms with van der Waals surface area (Å²) >= 11 is 5.86. The van der Waals surface area contributed by atoms with Crippen LogP contribution in [0.4, 0.5) is 0 Å². The maximum absolute atomic E-state index is 12.4. The molecule has 0 aromatic carbocycles. The minimum absolute atomic E-state index is 0.210. The van der Waals surface area contributed by atoms with Crippen molar-refractivity contribution in [2.24, 2.45) is 0 Å². The van der Waals surface area contributed by atoms with Crippen LogP contribution in [0.15, 0.2) is 17.1 Å². The summed E-state index contributed by atoms with van der Waals surface area (Å²) in [7, 11) is 0. The van der Waals surface area contributed by atoms with Gasteiger partial charge in [0.25, 0.3) is 5.56 Å². The highest BCUT2D eigenvalue weighted by atomic mass is 35.5. The fourth-order valence-electron chi connectivity index (χ4n) is 2.18. The first-order chi connectivity index (χ1) is 9.16. The SMILES string of the molecule is Cc1nn(C2CNCCO2)c(=O)c2cc(Cl)ncc12. The van der Waals surface area contributed by atoms with Gasteiger partial charge in [-0.1, -0.05) is 11.6 Å². The molecule has 0 radical (unpaired) electrons. The number of morpholine rings is 1. The zero-order valence-corrected chi connectivity index (χ0v) is 11.1. The average Bonchev–Trinajstić information content (AvgIpc) is 2.43. The molecule has 0 amide bonds. The van der Waals surface area contributed by atoms with Crippen molar-refractivity contribution in [3.63, 3.8) is 0 Å². The first kappa shape index (κ1) is 12.5. The van der Waals surface area contributed by atoms with E-state index < -0.39 is 0 Å². The fourth-order valence-corrected chi connectivity index (χ4v) is 2.34. The Morgan fingerprint density at radius 1 is 1.53 bits per heavy atom. The van der Waals surface area contributed by atoms with Crippen LogP contribution in [-0.4, -0.2) is 34.5 Å². The second-order valence-corrected chi connectivity index (χ2v) is 4.80. The lowest BCUT2D eigenvalue weighted by atomic mass is 10.2. The van der Waals surface area contributed by atoms with Crippen molar-refractivity contribution in [1.82, 2.24) is 20.1 Å². The molecule has 1 saturated heterocycles. The number of nitrogens with one attached hydrogen (secondary N) is 1. The number of rotatable bonds is 1. The zero-order valence-electron chi connectivity index (χ0n) is 10.4. The molecule has 1 atom stereocenters. The Balaban J connectivity index is 2.20. The number of hydrogen-bond donors (Lipinski definition) is 1. The molecule has 3 rings (SSSR count). The number of aromatic nitrogens is 3. The van der Waals surface area contributed by atoms with Crippen LogP contribution in [0.3, 0.4) is 0 Å². The lowest BCUT2D eigenvalue weighted by molar-refractivity contribution is -0.0300. The van der Waals surface area contributed by atoms with E-state index in [1.165, 1.54) is 4.68 Å². The minimum Gasteiger partial charge on any atom is -0.354 e. The van der Waals surface area contributed by atoms with E-state index in [1.54, 1.807) is 12.3 Å². The summed E-state index contributed by atoms with van der Waals surface area (Å²) in [5.74, 6) is 0. The molecule has 7 heteroatoms. The van der Waals surface area contributed by atoms with Crippen molar-refractivity contribution in [1.29, 1.82) is 0 Å². The monoisotopic (exact) mass is 280 g/mol. The van der Waals surface area contributed by atoms with E-state index in [2.05, 4.69) is 15.4 Å². The summed E-state index contributed by atoms with van der Waals surface area (Å²) in [6, 6.07) is 1.57. The lowest BCUT2D eigenvalue weighted by Gasteiger charge is -2.24. The van der Waals surface area contributed by atoms with Crippen molar-refractivity contribution in [2.45, 2.75) is 13.2 Å². The molecule has 100 valence electrons. The summed E-state index contributed by atoms with van der Waals surface area (Å²) < 4.78 is 6.94. The molecule has 0 saturated carbocycles. The van der Waals surface area contributed by atoms with Gasteiger partial charge in [-0.2, -0.15) is 9.78 Å². The van der Waals surface area contributed by atoms with Crippen LogP contribution in [-0.2, 0) is 4.74 Å². The summed E-state index contributed by atoms with van der Waals surface area (Å²) in [6.45, 7) is 3.75. The maximum Gasteiger partial charge on any atom is 0.277 e. The Labute approximate surface area is 114 Å². The van der Waals surface area contributed by atoms with E-state index in [9.17, 15) is 4.79 Å². The topological polar surface area (TPSA) is 69.0 Å². The normalized spacial score (nSPS) is 19.8. The predicted octanol–water partition coefficient (Wildman–Crippen LogP) is 0.872. The highest BCUT2D eigenvalue weighted by molar-refractivity contribution is 6.30. The number of hydrogen-bond acceptors (Lipinski definition) is 5. The van der Waals surface area contributed by atoms with Gasteiger partial charge in [0.1, 0.15) is 5.15 Å². The molecule has 0 aliphatic carbocycles. The molecular weight excluding hydrogens is 268 g/mol. The van der Waals surface area contributed by atoms with E-state index >= 15 is 0 Å². The van der Waals surface area contributed by atoms with Crippen LogP contribution in [0.1, 0.15) is 11.9 Å². The van der Waals surface area contributed by atoms with Gasteiger partial charge in [0.2, 0.25) is 0 Å². The first-order valence-electron chi connectivity index (χ1n) is 6.04. The third-order valence-electron chi connectivity index (χ3n) is 3.14. The molecule has 2 aromatic heterocycles. The van der Waals surface area contributed by atoms with Crippen LogP contribution < -0.4 is 10.9 Å². The third-order valence-corrected chi connectivity index (χ3v) is 3.34. The summed E-state index contributed by atoms with van der Waals surface area (Å²) in [5, 5.41) is 9.01. The smallest absolute Gasteiger partial charge is 0.277 e. The maximum atomic E-state index is 12.4. The second kappa shape index (κ2) is 4.88. The van der Waals surface area contributed by atoms with Crippen LogP contribution >= 0.6 is 11.6 Å². The van der Waals surface area contributed by atoms with E-state index in [0.29, 0.717) is 23.7 Å². The van der Waals surface area contributed by atoms with Crippen LogP contribution in [0.25, 0.3) is 10.8 Å². The van der Waals surface area contributed by atoms with Gasteiger partial charge in [-0.05, 0) is 13.0 Å². The van der Waals surface area contributed by atoms with Crippen LogP contribution in [0.2, 0.25) is 5.15 Å². The number of fused-ring (bicyclic) bond motifs is 1. The Kier molecular flexibility index (Phi) is 3.22. The molecule has 6 nitrogen and oxygen atoms in total. The van der Waals surface area contributed by atoms with Gasteiger partial charge in [-0.3, -0.25) is 4.79 Å². The molecule has 3 heterocycles. The van der Waals surface area contributed by atoms with E-state index in [0.717, 1.165) is 17.6 Å². The van der Waals surface area contributed by atoms with Gasteiger partial charge in [0, 0.05) is 24.7 Å². The first-order valence-corrected chi connectivity index (χ1v) is 6.41. The minimum atomic E-state index is -0.378. The number of ether oxygens (including phenoxy) is 1. The summed E-state index contributed by atoms with van der Waals surface area (Å²) in [6.07, 6.45) is 1.20. The molecule has 1 unspecified atom stereocenters. The molecule has 0 spiro atoms. The zero-order chi connectivity index (χ0) is 13.4. The van der Waals surface area contributed by atoms with Crippen molar-refractivity contribution >= 4 is 22.4 Å². The summed E-state index contributed by atoms with van der Waals surface area (Å²) in [4.78, 5) is 16.4. The largest absolute Gasteiger partial charge is 0.354 e. The highest BCUT2D eigenvalue weighted by Gasteiger charge is 2.19. The van der Waals surface area contributed by atoms with Gasteiger partial charge in [0.15, 0.2) is 6.23 Å². The Hall–Kier alpha value is -1.50. The number of aryl methyl sites for hydroxylation is 1. The van der Waals surface area contributed by atoms with Crippen molar-refractivity contribution in [3.8, 4) is 0 Å².